The van der Waals surface area contributed by atoms with E-state index in [1.807, 2.05) is 18.2 Å². The molecule has 0 bridgehead atoms. The molecule has 2 aliphatic rings. The number of rotatable bonds is 4. The molecule has 1 atom stereocenters. The molecule has 3 nitrogen and oxygen atoms in total. The van der Waals surface area contributed by atoms with Crippen LogP contribution in [0.2, 0.25) is 0 Å². The molecule has 0 radical (unpaired) electrons. The predicted molar refractivity (Wildman–Crippen MR) is 82.2 cm³/mol. The molecule has 3 rings (SSSR count). The van der Waals surface area contributed by atoms with Crippen molar-refractivity contribution >= 4 is 17.4 Å². The summed E-state index contributed by atoms with van der Waals surface area (Å²) in [5.41, 5.74) is 1.64. The number of aliphatic hydroxyl groups is 1. The van der Waals surface area contributed by atoms with Crippen LogP contribution in [-0.4, -0.2) is 29.5 Å². The average Bonchev–Trinajstić information content (AvgIpc) is 2.79. The van der Waals surface area contributed by atoms with Gasteiger partial charge in [0.2, 0.25) is 0 Å². The van der Waals surface area contributed by atoms with Gasteiger partial charge in [-0.3, -0.25) is 4.79 Å². The van der Waals surface area contributed by atoms with Crippen molar-refractivity contribution in [1.82, 2.24) is 0 Å². The predicted octanol–water partition coefficient (Wildman–Crippen LogP) is 3.35. The van der Waals surface area contributed by atoms with Gasteiger partial charge in [0, 0.05) is 16.5 Å². The van der Waals surface area contributed by atoms with Gasteiger partial charge in [0.25, 0.3) is 0 Å². The van der Waals surface area contributed by atoms with Crippen LogP contribution < -0.4 is 4.74 Å². The van der Waals surface area contributed by atoms with E-state index in [0.717, 1.165) is 49.0 Å². The number of hydrogen-bond donors (Lipinski definition) is 1. The highest BCUT2D eigenvalue weighted by Gasteiger charge is 2.46. The second-order valence-electron chi connectivity index (χ2n) is 6.25. The number of hydrogen-bond acceptors (Lipinski definition) is 3. The van der Waals surface area contributed by atoms with Gasteiger partial charge in [-0.25, -0.2) is 0 Å². The molecule has 1 N–H and O–H groups in total. The lowest BCUT2D eigenvalue weighted by Gasteiger charge is -2.31. The number of halogens is 1. The lowest BCUT2D eigenvalue weighted by Crippen LogP contribution is -2.30. The van der Waals surface area contributed by atoms with Crippen molar-refractivity contribution in [3.8, 4) is 5.75 Å². The van der Waals surface area contributed by atoms with Gasteiger partial charge in [-0.15, -0.1) is 11.6 Å². The van der Waals surface area contributed by atoms with Crippen LogP contribution in [0, 0.1) is 5.41 Å². The van der Waals surface area contributed by atoms with E-state index in [0.29, 0.717) is 5.78 Å². The number of ketones is 1. The van der Waals surface area contributed by atoms with Crippen LogP contribution in [-0.2, 0) is 6.42 Å². The minimum Gasteiger partial charge on any atom is -0.491 e. The molecule has 1 spiro atoms. The molecule has 0 aromatic heterocycles. The fourth-order valence-corrected chi connectivity index (χ4v) is 3.75. The fourth-order valence-electron chi connectivity index (χ4n) is 3.66. The highest BCUT2D eigenvalue weighted by Crippen LogP contribution is 2.49. The normalized spacial score (nSPS) is 21.3. The van der Waals surface area contributed by atoms with Gasteiger partial charge < -0.3 is 9.84 Å². The summed E-state index contributed by atoms with van der Waals surface area (Å²) in [6.07, 6.45) is 5.60. The van der Waals surface area contributed by atoms with Crippen LogP contribution in [0.4, 0.5) is 0 Å². The van der Waals surface area contributed by atoms with Crippen LogP contribution in [0.1, 0.15) is 48.0 Å². The second kappa shape index (κ2) is 5.98. The van der Waals surface area contributed by atoms with Gasteiger partial charge in [-0.1, -0.05) is 31.4 Å². The summed E-state index contributed by atoms with van der Waals surface area (Å²) in [5.74, 6) is 1.17. The maximum atomic E-state index is 12.8. The van der Waals surface area contributed by atoms with Crippen LogP contribution in [0.15, 0.2) is 18.2 Å². The molecule has 4 heteroatoms. The molecule has 1 saturated carbocycles. The van der Waals surface area contributed by atoms with E-state index in [9.17, 15) is 9.90 Å². The molecular formula is C17H21ClO3. The van der Waals surface area contributed by atoms with Crippen molar-refractivity contribution in [3.05, 3.63) is 29.3 Å². The first-order valence-corrected chi connectivity index (χ1v) is 8.23. The fraction of sp³-hybridized carbons (Fsp3) is 0.588. The standard InChI is InChI=1S/C17H21ClO3/c18-10-12(19)11-21-15-6-4-5-13-14(15)9-17(16(13)20)7-2-1-3-8-17/h4-6,12,19H,1-3,7-11H2. The van der Waals surface area contributed by atoms with E-state index in [2.05, 4.69) is 0 Å². The van der Waals surface area contributed by atoms with Crippen molar-refractivity contribution in [2.24, 2.45) is 5.41 Å². The van der Waals surface area contributed by atoms with E-state index >= 15 is 0 Å². The Balaban J connectivity index is 1.84. The Morgan fingerprint density at radius 1 is 1.29 bits per heavy atom. The number of Topliss-reactive ketones (excluding diaryl/α,β-unsaturated/α-hetero) is 1. The Hall–Kier alpha value is -1.06. The molecule has 1 fully saturated rings. The number of carbonyl (C=O) groups excluding carboxylic acids is 1. The zero-order valence-corrected chi connectivity index (χ0v) is 12.9. The summed E-state index contributed by atoms with van der Waals surface area (Å²) in [5, 5.41) is 9.54. The van der Waals surface area contributed by atoms with Crippen LogP contribution in [0.3, 0.4) is 0 Å². The SMILES string of the molecule is O=C1c2cccc(OCC(O)CCl)c2CC12CCCCC2. The molecular weight excluding hydrogens is 288 g/mol. The van der Waals surface area contributed by atoms with Gasteiger partial charge >= 0.3 is 0 Å². The monoisotopic (exact) mass is 308 g/mol. The smallest absolute Gasteiger partial charge is 0.169 e. The van der Waals surface area contributed by atoms with Crippen molar-refractivity contribution in [3.63, 3.8) is 0 Å². The Morgan fingerprint density at radius 2 is 2.05 bits per heavy atom. The second-order valence-corrected chi connectivity index (χ2v) is 6.56. The lowest BCUT2D eigenvalue weighted by molar-refractivity contribution is 0.0747. The van der Waals surface area contributed by atoms with E-state index < -0.39 is 6.10 Å². The van der Waals surface area contributed by atoms with Crippen LogP contribution in [0.25, 0.3) is 0 Å². The van der Waals surface area contributed by atoms with Crippen molar-refractivity contribution in [2.75, 3.05) is 12.5 Å². The first kappa shape index (κ1) is 14.9. The van der Waals surface area contributed by atoms with Gasteiger partial charge in [-0.05, 0) is 25.3 Å². The van der Waals surface area contributed by atoms with Gasteiger partial charge in [-0.2, -0.15) is 0 Å². The maximum absolute atomic E-state index is 12.8. The summed E-state index contributed by atoms with van der Waals surface area (Å²) < 4.78 is 5.70. The minimum atomic E-state index is -0.678. The quantitative estimate of drug-likeness (QED) is 0.868. The molecule has 0 saturated heterocycles. The third kappa shape index (κ3) is 2.69. The molecule has 1 aromatic carbocycles. The Labute approximate surface area is 130 Å². The highest BCUT2D eigenvalue weighted by molar-refractivity contribution is 6.18. The Kier molecular flexibility index (Phi) is 4.23. The minimum absolute atomic E-state index is 0.151. The number of alkyl halides is 1. The molecule has 2 aliphatic carbocycles. The van der Waals surface area contributed by atoms with Gasteiger partial charge in [0.05, 0.1) is 5.88 Å². The first-order chi connectivity index (χ1) is 10.2. The van der Waals surface area contributed by atoms with Crippen LogP contribution >= 0.6 is 11.6 Å². The molecule has 0 heterocycles. The third-order valence-corrected chi connectivity index (χ3v) is 5.15. The molecule has 0 amide bonds. The third-order valence-electron chi connectivity index (χ3n) is 4.79. The van der Waals surface area contributed by atoms with E-state index in [-0.39, 0.29) is 17.9 Å². The largest absolute Gasteiger partial charge is 0.491 e. The zero-order valence-electron chi connectivity index (χ0n) is 12.1. The molecule has 1 unspecified atom stereocenters. The van der Waals surface area contributed by atoms with Crippen molar-refractivity contribution in [1.29, 1.82) is 0 Å². The molecule has 0 aliphatic heterocycles. The Morgan fingerprint density at radius 3 is 2.76 bits per heavy atom. The van der Waals surface area contributed by atoms with Crippen LogP contribution in [0.5, 0.6) is 5.75 Å². The number of aliphatic hydroxyl groups excluding tert-OH is 1. The molecule has 21 heavy (non-hydrogen) atoms. The van der Waals surface area contributed by atoms with Gasteiger partial charge in [0.1, 0.15) is 18.5 Å². The van der Waals surface area contributed by atoms with Gasteiger partial charge in [0.15, 0.2) is 5.78 Å². The Bertz CT molecular complexity index is 535. The number of fused-ring (bicyclic) bond motifs is 1. The summed E-state index contributed by atoms with van der Waals surface area (Å²) in [7, 11) is 0. The molecule has 114 valence electrons. The number of carbonyl (C=O) groups is 1. The zero-order chi connectivity index (χ0) is 14.9. The van der Waals surface area contributed by atoms with Crippen molar-refractivity contribution < 1.29 is 14.6 Å². The topological polar surface area (TPSA) is 46.5 Å². The van der Waals surface area contributed by atoms with Crippen molar-refractivity contribution in [2.45, 2.75) is 44.6 Å². The average molecular weight is 309 g/mol. The number of ether oxygens (including phenoxy) is 1. The molecule has 1 aromatic rings. The summed E-state index contributed by atoms with van der Waals surface area (Å²) in [6.45, 7) is 0.168. The highest BCUT2D eigenvalue weighted by atomic mass is 35.5. The summed E-state index contributed by atoms with van der Waals surface area (Å²) in [6, 6.07) is 5.65. The first-order valence-electron chi connectivity index (χ1n) is 7.70. The lowest BCUT2D eigenvalue weighted by atomic mass is 9.71. The summed E-state index contributed by atoms with van der Waals surface area (Å²) >= 11 is 5.59. The maximum Gasteiger partial charge on any atom is 0.169 e. The van der Waals surface area contributed by atoms with E-state index in [4.69, 9.17) is 16.3 Å². The summed E-state index contributed by atoms with van der Waals surface area (Å²) in [4.78, 5) is 12.8. The van der Waals surface area contributed by atoms with E-state index in [1.165, 1.54) is 6.42 Å². The number of benzene rings is 1. The van der Waals surface area contributed by atoms with E-state index in [1.54, 1.807) is 0 Å².